The van der Waals surface area contributed by atoms with Gasteiger partial charge in [0.05, 0.1) is 12.8 Å². The van der Waals surface area contributed by atoms with Crippen molar-refractivity contribution in [3.05, 3.63) is 35.3 Å². The van der Waals surface area contributed by atoms with Crippen molar-refractivity contribution in [2.75, 3.05) is 24.8 Å². The van der Waals surface area contributed by atoms with Gasteiger partial charge in [-0.25, -0.2) is 9.78 Å². The number of ether oxygens (including phenoxy) is 1. The number of aromatic nitrogens is 1. The van der Waals surface area contributed by atoms with Crippen LogP contribution in [0.1, 0.15) is 18.7 Å². The fourth-order valence-electron chi connectivity index (χ4n) is 1.62. The molecular weight excluding hydrogens is 288 g/mol. The number of nitrogens with one attached hydrogen (secondary N) is 3. The van der Waals surface area contributed by atoms with Gasteiger partial charge in [0.15, 0.2) is 5.13 Å². The predicted octanol–water partition coefficient (Wildman–Crippen LogP) is 3.08. The molecule has 0 aliphatic rings. The second-order valence-corrected chi connectivity index (χ2v) is 5.25. The highest BCUT2D eigenvalue weighted by Crippen LogP contribution is 2.21. The van der Waals surface area contributed by atoms with Crippen LogP contribution in [0.5, 0.6) is 5.75 Å². The van der Waals surface area contributed by atoms with Crippen LogP contribution in [0, 0.1) is 0 Å². The predicted molar refractivity (Wildman–Crippen MR) is 85.2 cm³/mol. The molecule has 1 heterocycles. The van der Waals surface area contributed by atoms with Gasteiger partial charge in [0, 0.05) is 17.1 Å². The number of urea groups is 1. The molecular formula is C14H18N4O2S. The lowest BCUT2D eigenvalue weighted by Crippen LogP contribution is -2.19. The largest absolute Gasteiger partial charge is 0.497 e. The fraction of sp³-hybridized carbons (Fsp3) is 0.286. The maximum absolute atomic E-state index is 11.9. The second-order valence-electron chi connectivity index (χ2n) is 4.40. The van der Waals surface area contributed by atoms with Crippen LogP contribution in [0.25, 0.3) is 0 Å². The van der Waals surface area contributed by atoms with Gasteiger partial charge >= 0.3 is 6.03 Å². The summed E-state index contributed by atoms with van der Waals surface area (Å²) in [6, 6.07) is 6.95. The molecule has 1 aromatic heterocycles. The topological polar surface area (TPSA) is 75.3 Å². The van der Waals surface area contributed by atoms with Crippen LogP contribution in [-0.2, 0) is 0 Å². The Morgan fingerprint density at radius 3 is 2.62 bits per heavy atom. The van der Waals surface area contributed by atoms with E-state index in [1.807, 2.05) is 19.4 Å². The minimum atomic E-state index is -0.321. The van der Waals surface area contributed by atoms with E-state index in [1.165, 1.54) is 11.3 Å². The van der Waals surface area contributed by atoms with Gasteiger partial charge in [0.2, 0.25) is 0 Å². The molecule has 3 N–H and O–H groups in total. The monoisotopic (exact) mass is 306 g/mol. The third kappa shape index (κ3) is 4.17. The average molecular weight is 306 g/mol. The minimum Gasteiger partial charge on any atom is -0.497 e. The number of amides is 2. The summed E-state index contributed by atoms with van der Waals surface area (Å²) in [6.07, 6.45) is 0. The molecule has 112 valence electrons. The molecule has 21 heavy (non-hydrogen) atoms. The van der Waals surface area contributed by atoms with Crippen LogP contribution in [0.2, 0.25) is 0 Å². The molecule has 7 heteroatoms. The molecule has 0 radical (unpaired) electrons. The maximum atomic E-state index is 11.9. The number of hydrogen-bond acceptors (Lipinski definition) is 5. The number of nitrogens with zero attached hydrogens (tertiary/aromatic N) is 1. The van der Waals surface area contributed by atoms with Crippen LogP contribution in [0.4, 0.5) is 15.6 Å². The molecule has 0 aliphatic carbocycles. The fourth-order valence-corrected chi connectivity index (χ4v) is 2.42. The lowest BCUT2D eigenvalue weighted by molar-refractivity contribution is 0.262. The Morgan fingerprint density at radius 2 is 2.00 bits per heavy atom. The Labute approximate surface area is 127 Å². The van der Waals surface area contributed by atoms with E-state index in [1.54, 1.807) is 31.4 Å². The van der Waals surface area contributed by atoms with Crippen LogP contribution >= 0.6 is 11.3 Å². The molecule has 1 unspecified atom stereocenters. The Morgan fingerprint density at radius 1 is 1.29 bits per heavy atom. The van der Waals surface area contributed by atoms with E-state index in [0.717, 1.165) is 11.4 Å². The van der Waals surface area contributed by atoms with Crippen molar-refractivity contribution in [2.24, 2.45) is 0 Å². The van der Waals surface area contributed by atoms with E-state index in [4.69, 9.17) is 4.74 Å². The number of rotatable bonds is 5. The Balaban J connectivity index is 1.93. The van der Waals surface area contributed by atoms with Gasteiger partial charge in [-0.05, 0) is 38.2 Å². The summed E-state index contributed by atoms with van der Waals surface area (Å²) < 4.78 is 5.06. The molecule has 0 spiro atoms. The number of carbonyl (C=O) groups excluding carboxylic acids is 1. The van der Waals surface area contributed by atoms with Gasteiger partial charge in [-0.3, -0.25) is 5.32 Å². The average Bonchev–Trinajstić information content (AvgIpc) is 2.95. The quantitative estimate of drug-likeness (QED) is 0.793. The molecule has 2 aromatic rings. The van der Waals surface area contributed by atoms with Crippen molar-refractivity contribution in [1.29, 1.82) is 0 Å². The van der Waals surface area contributed by atoms with E-state index >= 15 is 0 Å². The summed E-state index contributed by atoms with van der Waals surface area (Å²) in [7, 11) is 3.47. The highest BCUT2D eigenvalue weighted by molar-refractivity contribution is 7.13. The summed E-state index contributed by atoms with van der Waals surface area (Å²) in [5.74, 6) is 0.742. The Hall–Kier alpha value is -2.12. The van der Waals surface area contributed by atoms with Gasteiger partial charge in [0.25, 0.3) is 0 Å². The smallest absolute Gasteiger partial charge is 0.325 e. The number of anilines is 2. The van der Waals surface area contributed by atoms with Gasteiger partial charge in [0.1, 0.15) is 5.75 Å². The molecule has 1 atom stereocenters. The second kappa shape index (κ2) is 7.05. The molecule has 2 amide bonds. The lowest BCUT2D eigenvalue weighted by atomic mass is 10.3. The molecule has 0 saturated heterocycles. The van der Waals surface area contributed by atoms with Crippen LogP contribution in [0.3, 0.4) is 0 Å². The summed E-state index contributed by atoms with van der Waals surface area (Å²) in [5.41, 5.74) is 1.59. The van der Waals surface area contributed by atoms with Crippen LogP contribution < -0.4 is 20.7 Å². The van der Waals surface area contributed by atoms with E-state index in [-0.39, 0.29) is 12.1 Å². The molecule has 1 aromatic carbocycles. The van der Waals surface area contributed by atoms with E-state index in [0.29, 0.717) is 10.8 Å². The van der Waals surface area contributed by atoms with Crippen molar-refractivity contribution in [1.82, 2.24) is 10.3 Å². The first-order chi connectivity index (χ1) is 10.1. The molecule has 0 bridgehead atoms. The van der Waals surface area contributed by atoms with Crippen molar-refractivity contribution >= 4 is 28.2 Å². The van der Waals surface area contributed by atoms with Crippen molar-refractivity contribution in [3.63, 3.8) is 0 Å². The van der Waals surface area contributed by atoms with Crippen molar-refractivity contribution in [3.8, 4) is 5.75 Å². The normalized spacial score (nSPS) is 11.8. The molecule has 6 nitrogen and oxygen atoms in total. The first kappa shape index (κ1) is 15.3. The molecule has 2 rings (SSSR count). The zero-order chi connectivity index (χ0) is 15.2. The summed E-state index contributed by atoms with van der Waals surface area (Å²) >= 11 is 1.40. The number of methoxy groups -OCH3 is 1. The number of hydrogen-bond donors (Lipinski definition) is 3. The molecule has 0 fully saturated rings. The highest BCUT2D eigenvalue weighted by Gasteiger charge is 2.10. The number of benzene rings is 1. The minimum absolute atomic E-state index is 0.154. The van der Waals surface area contributed by atoms with Crippen LogP contribution in [-0.4, -0.2) is 25.2 Å². The van der Waals surface area contributed by atoms with Crippen molar-refractivity contribution in [2.45, 2.75) is 13.0 Å². The zero-order valence-electron chi connectivity index (χ0n) is 12.1. The zero-order valence-corrected chi connectivity index (χ0v) is 13.0. The third-order valence-electron chi connectivity index (χ3n) is 2.97. The number of carbonyl (C=O) groups is 1. The van der Waals surface area contributed by atoms with Crippen molar-refractivity contribution < 1.29 is 9.53 Å². The Bertz CT molecular complexity index is 597. The third-order valence-corrected chi connectivity index (χ3v) is 3.74. The van der Waals surface area contributed by atoms with E-state index in [2.05, 4.69) is 20.9 Å². The van der Waals surface area contributed by atoms with E-state index in [9.17, 15) is 4.79 Å². The lowest BCUT2D eigenvalue weighted by Gasteiger charge is -2.07. The van der Waals surface area contributed by atoms with Crippen LogP contribution in [0.15, 0.2) is 29.6 Å². The Kier molecular flexibility index (Phi) is 5.13. The molecule has 0 aliphatic heterocycles. The van der Waals surface area contributed by atoms with Gasteiger partial charge < -0.3 is 15.4 Å². The first-order valence-electron chi connectivity index (χ1n) is 6.47. The maximum Gasteiger partial charge on any atom is 0.325 e. The van der Waals surface area contributed by atoms with Gasteiger partial charge in [-0.15, -0.1) is 11.3 Å². The van der Waals surface area contributed by atoms with Gasteiger partial charge in [-0.2, -0.15) is 0 Å². The standard InChI is InChI=1S/C14H18N4O2S/c1-9(15-2)12-8-21-14(17-12)18-13(19)16-10-4-6-11(20-3)7-5-10/h4-9,15H,1-3H3,(H2,16,17,18,19). The number of thiazole rings is 1. The molecule has 0 saturated carbocycles. The highest BCUT2D eigenvalue weighted by atomic mass is 32.1. The summed E-state index contributed by atoms with van der Waals surface area (Å²) in [4.78, 5) is 16.2. The SMILES string of the molecule is CNC(C)c1csc(NC(=O)Nc2ccc(OC)cc2)n1. The first-order valence-corrected chi connectivity index (χ1v) is 7.35. The van der Waals surface area contributed by atoms with Gasteiger partial charge in [-0.1, -0.05) is 0 Å². The summed E-state index contributed by atoms with van der Waals surface area (Å²) in [5, 5.41) is 11.0. The summed E-state index contributed by atoms with van der Waals surface area (Å²) in [6.45, 7) is 2.01. The van der Waals surface area contributed by atoms with E-state index < -0.39 is 0 Å².